The Kier molecular flexibility index (Phi) is 1.58. The van der Waals surface area contributed by atoms with Crippen LogP contribution in [0.15, 0.2) is 6.20 Å². The first-order chi connectivity index (χ1) is 5.83. The molecule has 0 N–H and O–H groups in total. The molecule has 0 bridgehead atoms. The summed E-state index contributed by atoms with van der Waals surface area (Å²) in [6, 6.07) is 2.19. The van der Waals surface area contributed by atoms with Gasteiger partial charge in [0.2, 0.25) is 0 Å². The van der Waals surface area contributed by atoms with Crippen LogP contribution in [0.3, 0.4) is 0 Å². The molecule has 0 atom stereocenters. The maximum atomic E-state index is 8.80. The fourth-order valence-corrected chi connectivity index (χ4v) is 1.85. The van der Waals surface area contributed by atoms with Gasteiger partial charge in [-0.25, -0.2) is 0 Å². The average molecular weight is 158 g/mol. The van der Waals surface area contributed by atoms with E-state index in [9.17, 15) is 0 Å². The largest absolute Gasteiger partial charge is 0.260 e. The van der Waals surface area contributed by atoms with Gasteiger partial charge in [-0.05, 0) is 37.3 Å². The van der Waals surface area contributed by atoms with Crippen LogP contribution < -0.4 is 0 Å². The van der Waals surface area contributed by atoms with Crippen LogP contribution >= 0.6 is 0 Å². The molecule has 0 spiro atoms. The van der Waals surface area contributed by atoms with E-state index in [0.29, 0.717) is 0 Å². The quantitative estimate of drug-likeness (QED) is 0.576. The van der Waals surface area contributed by atoms with E-state index >= 15 is 0 Å². The lowest BCUT2D eigenvalue weighted by Crippen LogP contribution is -1.94. The second-order valence-electron chi connectivity index (χ2n) is 3.18. The molecule has 1 aromatic heterocycles. The second-order valence-corrected chi connectivity index (χ2v) is 3.18. The minimum Gasteiger partial charge on any atom is -0.260 e. The van der Waals surface area contributed by atoms with E-state index in [4.69, 9.17) is 5.26 Å². The molecule has 1 aliphatic carbocycles. The van der Waals surface area contributed by atoms with Crippen LogP contribution in [0.25, 0.3) is 0 Å². The van der Waals surface area contributed by atoms with Crippen LogP contribution in [-0.4, -0.2) is 4.98 Å². The van der Waals surface area contributed by atoms with Crippen molar-refractivity contribution in [2.45, 2.75) is 26.2 Å². The molecule has 60 valence electrons. The van der Waals surface area contributed by atoms with Crippen LogP contribution in [-0.2, 0) is 12.8 Å². The maximum Gasteiger partial charge on any atom is 0.101 e. The molecule has 0 amide bonds. The van der Waals surface area contributed by atoms with Crippen molar-refractivity contribution < 1.29 is 0 Å². The first-order valence-corrected chi connectivity index (χ1v) is 4.20. The summed E-state index contributed by atoms with van der Waals surface area (Å²) < 4.78 is 0. The number of hydrogen-bond acceptors (Lipinski definition) is 2. The standard InChI is InChI=1S/C10H10N2/c1-7-9-3-2-4-10(9)8(5-11)6-12-7/h6H,2-4H2,1H3. The Bertz CT molecular complexity index is 361. The Balaban J connectivity index is 2.66. The number of hydrogen-bond donors (Lipinski definition) is 0. The summed E-state index contributed by atoms with van der Waals surface area (Å²) in [5, 5.41) is 8.80. The summed E-state index contributed by atoms with van der Waals surface area (Å²) in [6.45, 7) is 2.02. The summed E-state index contributed by atoms with van der Waals surface area (Å²) >= 11 is 0. The number of nitrogens with zero attached hydrogens (tertiary/aromatic N) is 2. The average Bonchev–Trinajstić information content (AvgIpc) is 2.54. The number of fused-ring (bicyclic) bond motifs is 1. The van der Waals surface area contributed by atoms with Crippen LogP contribution in [0.4, 0.5) is 0 Å². The van der Waals surface area contributed by atoms with Gasteiger partial charge in [-0.1, -0.05) is 0 Å². The molecule has 0 aliphatic heterocycles. The third kappa shape index (κ3) is 0.902. The molecule has 1 aliphatic rings. The van der Waals surface area contributed by atoms with E-state index in [-0.39, 0.29) is 0 Å². The third-order valence-corrected chi connectivity index (χ3v) is 2.49. The Morgan fingerprint density at radius 3 is 2.92 bits per heavy atom. The number of nitriles is 1. The lowest BCUT2D eigenvalue weighted by atomic mass is 10.1. The molecule has 0 saturated heterocycles. The van der Waals surface area contributed by atoms with Gasteiger partial charge in [0, 0.05) is 11.9 Å². The zero-order valence-electron chi connectivity index (χ0n) is 7.09. The van der Waals surface area contributed by atoms with Crippen molar-refractivity contribution in [3.63, 3.8) is 0 Å². The first kappa shape index (κ1) is 7.30. The van der Waals surface area contributed by atoms with Gasteiger partial charge in [-0.3, -0.25) is 4.98 Å². The van der Waals surface area contributed by atoms with Gasteiger partial charge in [0.15, 0.2) is 0 Å². The predicted molar refractivity (Wildman–Crippen MR) is 45.7 cm³/mol. The van der Waals surface area contributed by atoms with Crippen LogP contribution in [0.5, 0.6) is 0 Å². The summed E-state index contributed by atoms with van der Waals surface area (Å²) in [4.78, 5) is 4.20. The molecular weight excluding hydrogens is 148 g/mol. The minimum atomic E-state index is 0.771. The summed E-state index contributed by atoms with van der Waals surface area (Å²) in [5.41, 5.74) is 4.42. The number of aryl methyl sites for hydroxylation is 1. The molecule has 0 fully saturated rings. The summed E-state index contributed by atoms with van der Waals surface area (Å²) in [6.07, 6.45) is 5.03. The van der Waals surface area contributed by atoms with E-state index in [1.807, 2.05) is 6.92 Å². The normalized spacial score (nSPS) is 14.0. The Labute approximate surface area is 71.9 Å². The van der Waals surface area contributed by atoms with E-state index in [1.165, 1.54) is 17.5 Å². The van der Waals surface area contributed by atoms with Crippen molar-refractivity contribution >= 4 is 0 Å². The molecular formula is C10H10N2. The highest BCUT2D eigenvalue weighted by atomic mass is 14.7. The number of pyridine rings is 1. The SMILES string of the molecule is Cc1ncc(C#N)c2c1CCC2. The van der Waals surface area contributed by atoms with E-state index in [0.717, 1.165) is 24.1 Å². The van der Waals surface area contributed by atoms with E-state index in [2.05, 4.69) is 11.1 Å². The highest BCUT2D eigenvalue weighted by molar-refractivity contribution is 5.45. The van der Waals surface area contributed by atoms with E-state index in [1.54, 1.807) is 6.20 Å². The van der Waals surface area contributed by atoms with Crippen molar-refractivity contribution in [3.05, 3.63) is 28.6 Å². The van der Waals surface area contributed by atoms with Crippen molar-refractivity contribution in [1.29, 1.82) is 5.26 Å². The van der Waals surface area contributed by atoms with Crippen LogP contribution in [0.2, 0.25) is 0 Å². The summed E-state index contributed by atoms with van der Waals surface area (Å²) in [7, 11) is 0. The Hall–Kier alpha value is -1.36. The zero-order valence-corrected chi connectivity index (χ0v) is 7.09. The summed E-state index contributed by atoms with van der Waals surface area (Å²) in [5.74, 6) is 0. The first-order valence-electron chi connectivity index (χ1n) is 4.20. The lowest BCUT2D eigenvalue weighted by Gasteiger charge is -2.03. The highest BCUT2D eigenvalue weighted by Crippen LogP contribution is 2.26. The molecule has 0 saturated carbocycles. The van der Waals surface area contributed by atoms with Gasteiger partial charge in [-0.2, -0.15) is 5.26 Å². The van der Waals surface area contributed by atoms with Gasteiger partial charge in [-0.15, -0.1) is 0 Å². The Morgan fingerprint density at radius 2 is 2.17 bits per heavy atom. The number of rotatable bonds is 0. The molecule has 12 heavy (non-hydrogen) atoms. The predicted octanol–water partition coefficient (Wildman–Crippen LogP) is 1.75. The molecule has 2 rings (SSSR count). The Morgan fingerprint density at radius 1 is 1.42 bits per heavy atom. The molecule has 0 aromatic carbocycles. The van der Waals surface area contributed by atoms with Gasteiger partial charge in [0.1, 0.15) is 6.07 Å². The van der Waals surface area contributed by atoms with Gasteiger partial charge in [0.25, 0.3) is 0 Å². The second kappa shape index (κ2) is 2.60. The van der Waals surface area contributed by atoms with Crippen molar-refractivity contribution in [3.8, 4) is 6.07 Å². The fraction of sp³-hybridized carbons (Fsp3) is 0.400. The van der Waals surface area contributed by atoms with Crippen LogP contribution in [0, 0.1) is 18.3 Å². The monoisotopic (exact) mass is 158 g/mol. The number of aromatic nitrogens is 1. The van der Waals surface area contributed by atoms with Gasteiger partial charge in [0.05, 0.1) is 5.56 Å². The topological polar surface area (TPSA) is 36.7 Å². The molecule has 1 aromatic rings. The molecule has 2 heteroatoms. The minimum absolute atomic E-state index is 0.771. The van der Waals surface area contributed by atoms with E-state index < -0.39 is 0 Å². The van der Waals surface area contributed by atoms with Crippen molar-refractivity contribution in [1.82, 2.24) is 4.98 Å². The smallest absolute Gasteiger partial charge is 0.101 e. The van der Waals surface area contributed by atoms with Crippen molar-refractivity contribution in [2.75, 3.05) is 0 Å². The third-order valence-electron chi connectivity index (χ3n) is 2.49. The fourth-order valence-electron chi connectivity index (χ4n) is 1.85. The maximum absolute atomic E-state index is 8.80. The van der Waals surface area contributed by atoms with Crippen molar-refractivity contribution in [2.24, 2.45) is 0 Å². The highest BCUT2D eigenvalue weighted by Gasteiger charge is 2.17. The van der Waals surface area contributed by atoms with Gasteiger partial charge < -0.3 is 0 Å². The van der Waals surface area contributed by atoms with Gasteiger partial charge >= 0.3 is 0 Å². The molecule has 0 radical (unpaired) electrons. The zero-order chi connectivity index (χ0) is 8.55. The lowest BCUT2D eigenvalue weighted by molar-refractivity contribution is 0.906. The van der Waals surface area contributed by atoms with Crippen LogP contribution in [0.1, 0.15) is 28.8 Å². The molecule has 0 unspecified atom stereocenters. The molecule has 2 nitrogen and oxygen atoms in total. The molecule has 1 heterocycles.